The van der Waals surface area contributed by atoms with Crippen LogP contribution in [0.4, 0.5) is 0 Å². The molecule has 0 amide bonds. The van der Waals surface area contributed by atoms with Crippen molar-refractivity contribution in [1.82, 2.24) is 14.1 Å². The first-order chi connectivity index (χ1) is 45.2. The van der Waals surface area contributed by atoms with E-state index in [2.05, 4.69) is 135 Å². The Hall–Kier alpha value is -9.67. The van der Waals surface area contributed by atoms with Crippen molar-refractivity contribution in [2.75, 3.05) is 0 Å². The minimum atomic E-state index is -0.652. The van der Waals surface area contributed by atoms with Gasteiger partial charge < -0.3 is 13.9 Å². The molecule has 0 saturated heterocycles. The predicted molar refractivity (Wildman–Crippen MR) is 329 cm³/mol. The zero-order valence-corrected chi connectivity index (χ0v) is 46.5. The van der Waals surface area contributed by atoms with Crippen LogP contribution in [0.2, 0.25) is 0 Å². The van der Waals surface area contributed by atoms with E-state index in [1.54, 1.807) is 63.7 Å². The molecular formula is C76H50N4OPt-2. The van der Waals surface area contributed by atoms with E-state index in [1.165, 1.54) is 0 Å². The second-order valence-corrected chi connectivity index (χ2v) is 21.3. The first kappa shape index (κ1) is 37.3. The van der Waals surface area contributed by atoms with Crippen molar-refractivity contribution in [3.63, 3.8) is 0 Å². The number of nitrogens with zero attached hydrogens (tertiary/aromatic N) is 4. The zero-order valence-electron chi connectivity index (χ0n) is 57.2. The van der Waals surface area contributed by atoms with Crippen molar-refractivity contribution >= 4 is 32.8 Å². The molecule has 3 aromatic heterocycles. The number of pyridine rings is 1. The normalized spacial score (nSPS) is 14.2. The van der Waals surface area contributed by atoms with Crippen LogP contribution in [-0.2, 0) is 26.5 Å². The Labute approximate surface area is 509 Å². The molecule has 6 heteroatoms. The second kappa shape index (κ2) is 19.3. The van der Waals surface area contributed by atoms with Crippen LogP contribution in [0.1, 0.15) is 44.2 Å². The Morgan fingerprint density at radius 1 is 0.463 bits per heavy atom. The Kier molecular flexibility index (Phi) is 8.76. The van der Waals surface area contributed by atoms with Crippen LogP contribution in [0.5, 0.6) is 11.5 Å². The number of para-hydroxylation sites is 2. The number of fused-ring (bicyclic) bond motifs is 18. The molecule has 0 radical (unpaired) electrons. The smallest absolute Gasteiger partial charge is 0.268 e. The van der Waals surface area contributed by atoms with E-state index in [9.17, 15) is 8.22 Å². The zero-order chi connectivity index (χ0) is 65.2. The van der Waals surface area contributed by atoms with Crippen molar-refractivity contribution < 1.29 is 48.2 Å². The van der Waals surface area contributed by atoms with Gasteiger partial charge in [-0.3, -0.25) is 4.57 Å². The first-order valence-electron chi connectivity index (χ1n) is 33.1. The number of benzene rings is 11. The summed E-state index contributed by atoms with van der Waals surface area (Å²) < 4.78 is 132. The summed E-state index contributed by atoms with van der Waals surface area (Å²) in [6.45, 7) is 6.53. The molecule has 82 heavy (non-hydrogen) atoms. The molecule has 0 fully saturated rings. The molecule has 0 spiro atoms. The molecule has 0 unspecified atom stereocenters. The molecule has 11 aromatic carbocycles. The number of imidazole rings is 1. The molecule has 4 heterocycles. The summed E-state index contributed by atoms with van der Waals surface area (Å²) in [6, 6.07) is 53.0. The average molecular weight is 1240 g/mol. The van der Waals surface area contributed by atoms with Crippen LogP contribution in [0.3, 0.4) is 0 Å². The number of hydrogen-bond acceptors (Lipinski definition) is 2. The summed E-state index contributed by atoms with van der Waals surface area (Å²) in [7, 11) is 0. The molecule has 0 N–H and O–H groups in total. The Morgan fingerprint density at radius 2 is 1.00 bits per heavy atom. The standard InChI is InChI=1S/C76H50N4O.Pt/c1-76(2,3)49-40-41-77-73(42-49)80-71-44-52(38-39-64(71)69-45-67-62-32-15-11-28-58(62)54-24-7-8-25-55(54)59-29-12-16-33-63(59)68(67)46-72(69)80)81-51-23-17-22-50(43-51)78-47-79-74-53(48-20-5-4-6-21-48)34-18-35-65(74)60-30-13-9-26-56(60)57-27-10-14-31-61(57)66-36-19-37-70(78)75(66)79;/h4-42,45-46H,1-3H3;/q-2;/i4D,5D,6D,9D,10D,13D,14D,20D,21D,26D,27D,30D,31D;. The number of ether oxygens (including phenoxy) is 1. The van der Waals surface area contributed by atoms with Gasteiger partial charge in [0.1, 0.15) is 5.82 Å². The Bertz CT molecular complexity index is 5690. The average Bonchev–Trinajstić information content (AvgIpc) is 1.64. The van der Waals surface area contributed by atoms with Gasteiger partial charge in [0.05, 0.1) is 34.5 Å². The molecule has 0 saturated carbocycles. The van der Waals surface area contributed by atoms with Gasteiger partial charge in [-0.2, -0.15) is 18.2 Å². The molecule has 0 bridgehead atoms. The van der Waals surface area contributed by atoms with Gasteiger partial charge in [-0.05, 0) is 129 Å². The second-order valence-electron chi connectivity index (χ2n) is 21.3. The third-order valence-corrected chi connectivity index (χ3v) is 15.7. The number of aromatic nitrogens is 4. The van der Waals surface area contributed by atoms with E-state index in [0.29, 0.717) is 28.3 Å². The molecule has 2 aliphatic rings. The third-order valence-electron chi connectivity index (χ3n) is 15.7. The fourth-order valence-corrected chi connectivity index (χ4v) is 12.0. The van der Waals surface area contributed by atoms with E-state index < -0.39 is 78.6 Å². The molecule has 1 aliphatic heterocycles. The predicted octanol–water partition coefficient (Wildman–Crippen LogP) is 18.8. The van der Waals surface area contributed by atoms with Crippen molar-refractivity contribution in [3.8, 4) is 118 Å². The van der Waals surface area contributed by atoms with E-state index in [-0.39, 0.29) is 87.9 Å². The van der Waals surface area contributed by atoms with E-state index in [0.717, 1.165) is 66.4 Å². The third kappa shape index (κ3) is 7.79. The summed E-state index contributed by atoms with van der Waals surface area (Å²) in [6.07, 6.45) is 5.33. The van der Waals surface area contributed by atoms with Crippen molar-refractivity contribution in [2.45, 2.75) is 26.2 Å². The van der Waals surface area contributed by atoms with Crippen LogP contribution < -0.4 is 9.30 Å². The maximum Gasteiger partial charge on any atom is 0.268 e. The van der Waals surface area contributed by atoms with Gasteiger partial charge in [-0.1, -0.05) is 220 Å². The van der Waals surface area contributed by atoms with Crippen molar-refractivity contribution in [2.24, 2.45) is 0 Å². The van der Waals surface area contributed by atoms with Gasteiger partial charge in [0, 0.05) is 44.3 Å². The molecular weight excluding hydrogens is 1180 g/mol. The van der Waals surface area contributed by atoms with E-state index in [1.807, 2.05) is 24.4 Å². The van der Waals surface area contributed by atoms with Gasteiger partial charge in [0.2, 0.25) is 0 Å². The van der Waals surface area contributed by atoms with Crippen LogP contribution >= 0.6 is 0 Å². The molecule has 14 aromatic rings. The SMILES string of the molecule is [2H]c1c([2H])c([2H])c(-c2cccc3c2-[n+]2[c-]n(-c4[c-]c(Oc5[c-]c6c(cc5)c5cc7c(cc5n6-c5cc(C(C)(C)C)ccn5)-c5ccccc5-c5ccccc5-c5ccccc5-7)ccc4)c4cccc(c42)-c2c([2H])c([2H])c([2H])c([2H])c2-c2c([2H])c([2H])c([2H])c([2H])c2-3)c([2H])c1[2H].[Pt]. The van der Waals surface area contributed by atoms with Crippen LogP contribution in [0, 0.1) is 18.5 Å². The van der Waals surface area contributed by atoms with Gasteiger partial charge in [0.25, 0.3) is 6.33 Å². The van der Waals surface area contributed by atoms with Gasteiger partial charge >= 0.3 is 0 Å². The molecule has 0 atom stereocenters. The first-order valence-corrected chi connectivity index (χ1v) is 26.6. The molecule has 5 nitrogen and oxygen atoms in total. The van der Waals surface area contributed by atoms with Crippen molar-refractivity contribution in [3.05, 3.63) is 273 Å². The molecule has 392 valence electrons. The quantitative estimate of drug-likeness (QED) is 0.127. The number of rotatable bonds is 5. The molecule has 16 rings (SSSR count). The van der Waals surface area contributed by atoms with E-state index in [4.69, 9.17) is 19.3 Å². The summed E-state index contributed by atoms with van der Waals surface area (Å²) in [5.41, 5.74) is 11.9. The fraction of sp³-hybridized carbons (Fsp3) is 0.0526. The Morgan fingerprint density at radius 3 is 1.66 bits per heavy atom. The van der Waals surface area contributed by atoms with Crippen LogP contribution in [0.15, 0.2) is 249 Å². The monoisotopic (exact) mass is 1240 g/mol. The maximum absolute atomic E-state index is 9.65. The Balaban J connectivity index is 0.00000743. The van der Waals surface area contributed by atoms with Gasteiger partial charge in [-0.25, -0.2) is 4.98 Å². The molecule has 1 aliphatic carbocycles. The summed E-state index contributed by atoms with van der Waals surface area (Å²) in [5, 5.41) is 1.89. The summed E-state index contributed by atoms with van der Waals surface area (Å²) >= 11 is 0. The minimum absolute atomic E-state index is 0. The number of hydrogen-bond donors (Lipinski definition) is 0. The minimum Gasteiger partial charge on any atom is -0.510 e. The topological polar surface area (TPSA) is 35.9 Å². The largest absolute Gasteiger partial charge is 0.510 e. The maximum atomic E-state index is 9.65. The van der Waals surface area contributed by atoms with Crippen LogP contribution in [-0.4, -0.2) is 14.1 Å². The van der Waals surface area contributed by atoms with Crippen LogP contribution in [0.25, 0.3) is 139 Å². The summed E-state index contributed by atoms with van der Waals surface area (Å²) in [4.78, 5) is 5.06. The summed E-state index contributed by atoms with van der Waals surface area (Å²) in [5.74, 6) is 1.32. The van der Waals surface area contributed by atoms with Crippen molar-refractivity contribution in [1.29, 1.82) is 0 Å². The van der Waals surface area contributed by atoms with E-state index >= 15 is 0 Å². The fourth-order valence-electron chi connectivity index (χ4n) is 12.0. The van der Waals surface area contributed by atoms with Gasteiger partial charge in [0.15, 0.2) is 0 Å². The van der Waals surface area contributed by atoms with Gasteiger partial charge in [-0.15, -0.1) is 29.7 Å².